The van der Waals surface area contributed by atoms with Crippen molar-refractivity contribution in [3.8, 4) is 5.75 Å². The number of nitrogens with one attached hydrogen (secondary N) is 2. The SMILES string of the molecule is CCOc1ccccc1NC(=O)CCNc1ccc(Br)c(C)c1. The Hall–Kier alpha value is -2.01. The number of aryl methyl sites for hydroxylation is 1. The van der Waals surface area contributed by atoms with Gasteiger partial charge in [-0.05, 0) is 49.7 Å². The molecule has 2 aromatic carbocycles. The number of halogens is 1. The molecule has 0 spiro atoms. The number of para-hydroxylation sites is 2. The van der Waals surface area contributed by atoms with Crippen LogP contribution in [0.2, 0.25) is 0 Å². The van der Waals surface area contributed by atoms with Gasteiger partial charge < -0.3 is 15.4 Å². The van der Waals surface area contributed by atoms with Crippen molar-refractivity contribution < 1.29 is 9.53 Å². The summed E-state index contributed by atoms with van der Waals surface area (Å²) >= 11 is 3.47. The van der Waals surface area contributed by atoms with Crippen molar-refractivity contribution in [2.24, 2.45) is 0 Å². The highest BCUT2D eigenvalue weighted by atomic mass is 79.9. The van der Waals surface area contributed by atoms with Crippen LogP contribution >= 0.6 is 15.9 Å². The molecule has 0 saturated carbocycles. The van der Waals surface area contributed by atoms with Crippen molar-refractivity contribution in [1.29, 1.82) is 0 Å². The molecule has 5 heteroatoms. The summed E-state index contributed by atoms with van der Waals surface area (Å²) in [4.78, 5) is 12.1. The molecular weight excluding hydrogens is 356 g/mol. The van der Waals surface area contributed by atoms with E-state index in [4.69, 9.17) is 4.74 Å². The lowest BCUT2D eigenvalue weighted by molar-refractivity contribution is -0.116. The third kappa shape index (κ3) is 5.28. The number of hydrogen-bond donors (Lipinski definition) is 2. The van der Waals surface area contributed by atoms with Gasteiger partial charge in [0.05, 0.1) is 12.3 Å². The van der Waals surface area contributed by atoms with Crippen molar-refractivity contribution in [3.05, 3.63) is 52.5 Å². The zero-order valence-corrected chi connectivity index (χ0v) is 14.9. The van der Waals surface area contributed by atoms with E-state index >= 15 is 0 Å². The van der Waals surface area contributed by atoms with Crippen LogP contribution in [-0.4, -0.2) is 19.1 Å². The normalized spacial score (nSPS) is 10.2. The second-order valence-corrected chi connectivity index (χ2v) is 5.97. The summed E-state index contributed by atoms with van der Waals surface area (Å²) in [6, 6.07) is 13.5. The van der Waals surface area contributed by atoms with E-state index < -0.39 is 0 Å². The summed E-state index contributed by atoms with van der Waals surface area (Å²) in [7, 11) is 0. The number of anilines is 2. The number of carbonyl (C=O) groups excluding carboxylic acids is 1. The van der Waals surface area contributed by atoms with Crippen LogP contribution in [0, 0.1) is 6.92 Å². The van der Waals surface area contributed by atoms with Gasteiger partial charge >= 0.3 is 0 Å². The number of benzene rings is 2. The summed E-state index contributed by atoms with van der Waals surface area (Å²) in [5.74, 6) is 0.651. The molecular formula is C18H21BrN2O2. The molecule has 23 heavy (non-hydrogen) atoms. The topological polar surface area (TPSA) is 50.4 Å². The molecule has 0 aromatic heterocycles. The van der Waals surface area contributed by atoms with Crippen LogP contribution in [-0.2, 0) is 4.79 Å². The Kier molecular flexibility index (Phi) is 6.47. The molecule has 4 nitrogen and oxygen atoms in total. The third-order valence-electron chi connectivity index (χ3n) is 3.30. The standard InChI is InChI=1S/C18H21BrN2O2/c1-3-23-17-7-5-4-6-16(17)21-18(22)10-11-20-14-8-9-15(19)13(2)12-14/h4-9,12,20H,3,10-11H2,1-2H3,(H,21,22). The summed E-state index contributed by atoms with van der Waals surface area (Å²) < 4.78 is 6.58. The first-order valence-electron chi connectivity index (χ1n) is 7.62. The molecule has 0 radical (unpaired) electrons. The van der Waals surface area contributed by atoms with Crippen LogP contribution in [0.15, 0.2) is 46.9 Å². The van der Waals surface area contributed by atoms with E-state index in [1.807, 2.05) is 56.3 Å². The Morgan fingerprint density at radius 2 is 2.00 bits per heavy atom. The van der Waals surface area contributed by atoms with Crippen LogP contribution in [0.1, 0.15) is 18.9 Å². The van der Waals surface area contributed by atoms with Crippen LogP contribution < -0.4 is 15.4 Å². The molecule has 0 aliphatic carbocycles. The summed E-state index contributed by atoms with van der Waals surface area (Å²) in [6.45, 7) is 5.09. The predicted octanol–water partition coefficient (Wildman–Crippen LogP) is 4.60. The van der Waals surface area contributed by atoms with E-state index in [1.165, 1.54) is 0 Å². The van der Waals surface area contributed by atoms with E-state index in [0.29, 0.717) is 31.0 Å². The van der Waals surface area contributed by atoms with Gasteiger partial charge in [-0.25, -0.2) is 0 Å². The van der Waals surface area contributed by atoms with Crippen molar-refractivity contribution >= 4 is 33.2 Å². The lowest BCUT2D eigenvalue weighted by Gasteiger charge is -2.12. The number of amides is 1. The monoisotopic (exact) mass is 376 g/mol. The fourth-order valence-electron chi connectivity index (χ4n) is 2.14. The van der Waals surface area contributed by atoms with Crippen LogP contribution in [0.5, 0.6) is 5.75 Å². The molecule has 2 N–H and O–H groups in total. The minimum atomic E-state index is -0.0431. The second kappa shape index (κ2) is 8.58. The maximum absolute atomic E-state index is 12.1. The second-order valence-electron chi connectivity index (χ2n) is 5.12. The first-order valence-corrected chi connectivity index (χ1v) is 8.41. The first kappa shape index (κ1) is 17.3. The predicted molar refractivity (Wildman–Crippen MR) is 98.2 cm³/mol. The molecule has 0 unspecified atom stereocenters. The van der Waals surface area contributed by atoms with E-state index in [9.17, 15) is 4.79 Å². The van der Waals surface area contributed by atoms with E-state index in [-0.39, 0.29) is 5.91 Å². The molecule has 122 valence electrons. The van der Waals surface area contributed by atoms with Gasteiger partial charge in [0.2, 0.25) is 5.91 Å². The Morgan fingerprint density at radius 1 is 1.22 bits per heavy atom. The van der Waals surface area contributed by atoms with Gasteiger partial charge in [0, 0.05) is 23.1 Å². The Balaban J connectivity index is 1.84. The molecule has 0 fully saturated rings. The fraction of sp³-hybridized carbons (Fsp3) is 0.278. The van der Waals surface area contributed by atoms with Gasteiger partial charge in [-0.15, -0.1) is 0 Å². The van der Waals surface area contributed by atoms with Gasteiger partial charge in [0.25, 0.3) is 0 Å². The zero-order valence-electron chi connectivity index (χ0n) is 13.4. The fourth-order valence-corrected chi connectivity index (χ4v) is 2.39. The Labute approximate surface area is 145 Å². The lowest BCUT2D eigenvalue weighted by atomic mass is 10.2. The molecule has 0 aliphatic heterocycles. The number of rotatable bonds is 7. The minimum absolute atomic E-state index is 0.0431. The summed E-state index contributed by atoms with van der Waals surface area (Å²) in [5.41, 5.74) is 2.87. The van der Waals surface area contributed by atoms with Crippen LogP contribution in [0.4, 0.5) is 11.4 Å². The highest BCUT2D eigenvalue weighted by Crippen LogP contribution is 2.24. The number of hydrogen-bond acceptors (Lipinski definition) is 3. The smallest absolute Gasteiger partial charge is 0.226 e. The molecule has 2 rings (SSSR count). The maximum atomic E-state index is 12.1. The maximum Gasteiger partial charge on any atom is 0.226 e. The molecule has 0 heterocycles. The van der Waals surface area contributed by atoms with E-state index in [1.54, 1.807) is 0 Å². The van der Waals surface area contributed by atoms with Gasteiger partial charge in [0.1, 0.15) is 5.75 Å². The Morgan fingerprint density at radius 3 is 2.74 bits per heavy atom. The largest absolute Gasteiger partial charge is 0.492 e. The van der Waals surface area contributed by atoms with E-state index in [0.717, 1.165) is 15.7 Å². The van der Waals surface area contributed by atoms with Crippen molar-refractivity contribution in [3.63, 3.8) is 0 Å². The number of carbonyl (C=O) groups is 1. The first-order chi connectivity index (χ1) is 11.1. The van der Waals surface area contributed by atoms with Crippen LogP contribution in [0.25, 0.3) is 0 Å². The zero-order chi connectivity index (χ0) is 16.7. The Bertz CT molecular complexity index is 674. The van der Waals surface area contributed by atoms with Crippen molar-refractivity contribution in [2.45, 2.75) is 20.3 Å². The van der Waals surface area contributed by atoms with Gasteiger partial charge in [-0.1, -0.05) is 28.1 Å². The molecule has 0 saturated heterocycles. The highest BCUT2D eigenvalue weighted by molar-refractivity contribution is 9.10. The van der Waals surface area contributed by atoms with Crippen molar-refractivity contribution in [2.75, 3.05) is 23.8 Å². The van der Waals surface area contributed by atoms with Gasteiger partial charge in [-0.3, -0.25) is 4.79 Å². The lowest BCUT2D eigenvalue weighted by Crippen LogP contribution is -2.16. The summed E-state index contributed by atoms with van der Waals surface area (Å²) in [5, 5.41) is 6.15. The molecule has 0 aliphatic rings. The average molecular weight is 377 g/mol. The summed E-state index contributed by atoms with van der Waals surface area (Å²) in [6.07, 6.45) is 0.384. The molecule has 0 atom stereocenters. The third-order valence-corrected chi connectivity index (χ3v) is 4.19. The molecule has 0 bridgehead atoms. The highest BCUT2D eigenvalue weighted by Gasteiger charge is 2.07. The quantitative estimate of drug-likeness (QED) is 0.742. The van der Waals surface area contributed by atoms with E-state index in [2.05, 4.69) is 26.6 Å². The molecule has 2 aromatic rings. The minimum Gasteiger partial charge on any atom is -0.492 e. The molecule has 1 amide bonds. The van der Waals surface area contributed by atoms with Gasteiger partial charge in [-0.2, -0.15) is 0 Å². The van der Waals surface area contributed by atoms with Crippen molar-refractivity contribution in [1.82, 2.24) is 0 Å². The van der Waals surface area contributed by atoms with Gasteiger partial charge in [0.15, 0.2) is 0 Å². The number of ether oxygens (including phenoxy) is 1. The average Bonchev–Trinajstić information content (AvgIpc) is 2.53. The van der Waals surface area contributed by atoms with Crippen LogP contribution in [0.3, 0.4) is 0 Å².